The molecule has 0 spiro atoms. The number of allylic oxidation sites excluding steroid dienone is 1. The maximum atomic E-state index is 14.4. The fourth-order valence-electron chi connectivity index (χ4n) is 12.2. The number of hydrogen-bond donors (Lipinski definition) is 5. The summed E-state index contributed by atoms with van der Waals surface area (Å²) in [5, 5.41) is 53.7. The summed E-state index contributed by atoms with van der Waals surface area (Å²) in [7, 11) is 0. The number of unbranched alkanes of at least 4 members (excludes halogenated alkanes) is 51. The molecular weight excluding hydrogens is 1020 g/mol. The molecule has 2 amide bonds. The molecule has 1 aliphatic rings. The molecule has 1 aliphatic heterocycles. The number of carbonyl (C=O) groups excluding carboxylic acids is 2. The highest BCUT2D eigenvalue weighted by molar-refractivity contribution is 5.95. The number of hydrogen-bond acceptors (Lipinski definition) is 9. The van der Waals surface area contributed by atoms with Crippen molar-refractivity contribution in [3.05, 3.63) is 12.2 Å². The molecule has 1 rings (SSSR count). The number of aliphatic hydroxyl groups excluding tert-OH is 5. The van der Waals surface area contributed by atoms with Gasteiger partial charge in [-0.2, -0.15) is 0 Å². The molecule has 0 saturated carbocycles. The van der Waals surface area contributed by atoms with Crippen LogP contribution in [0.4, 0.5) is 0 Å². The van der Waals surface area contributed by atoms with Crippen molar-refractivity contribution in [1.82, 2.24) is 4.90 Å². The summed E-state index contributed by atoms with van der Waals surface area (Å²) in [4.78, 5) is 30.0. The van der Waals surface area contributed by atoms with Gasteiger partial charge < -0.3 is 35.0 Å². The second-order valence-electron chi connectivity index (χ2n) is 25.6. The van der Waals surface area contributed by atoms with E-state index in [0.717, 1.165) is 57.8 Å². The van der Waals surface area contributed by atoms with Gasteiger partial charge in [0, 0.05) is 12.8 Å². The number of rotatable bonds is 63. The number of carbonyl (C=O) groups is 2. The first-order valence-corrected chi connectivity index (χ1v) is 36.3. The molecule has 5 N–H and O–H groups in total. The first-order valence-electron chi connectivity index (χ1n) is 36.3. The lowest BCUT2D eigenvalue weighted by atomic mass is 9.99. The molecule has 0 aromatic heterocycles. The van der Waals surface area contributed by atoms with Crippen LogP contribution in [0.2, 0.25) is 0 Å². The van der Waals surface area contributed by atoms with E-state index in [1.54, 1.807) is 6.08 Å². The van der Waals surface area contributed by atoms with Crippen molar-refractivity contribution in [3.8, 4) is 0 Å². The number of nitrogens with zero attached hydrogens (tertiary/aromatic N) is 1. The quantitative estimate of drug-likeness (QED) is 0.0295. The molecule has 0 bridgehead atoms. The molecule has 0 aromatic carbocycles. The predicted octanol–water partition coefficient (Wildman–Crippen LogP) is 19.3. The summed E-state index contributed by atoms with van der Waals surface area (Å²) in [5.41, 5.74) is 0. The van der Waals surface area contributed by atoms with E-state index in [1.165, 1.54) is 281 Å². The lowest BCUT2D eigenvalue weighted by Gasteiger charge is -2.41. The minimum atomic E-state index is -1.65. The third-order valence-electron chi connectivity index (χ3n) is 17.8. The molecule has 0 aromatic rings. The van der Waals surface area contributed by atoms with Crippen molar-refractivity contribution >= 4 is 11.8 Å². The zero-order chi connectivity index (χ0) is 59.6. The average Bonchev–Trinajstić information content (AvgIpc) is 3.59. The van der Waals surface area contributed by atoms with Gasteiger partial charge in [0.25, 0.3) is 0 Å². The highest BCUT2D eigenvalue weighted by Crippen LogP contribution is 2.25. The van der Waals surface area contributed by atoms with Gasteiger partial charge in [0.05, 0.1) is 25.4 Å². The van der Waals surface area contributed by atoms with E-state index >= 15 is 0 Å². The van der Waals surface area contributed by atoms with Gasteiger partial charge in [0.1, 0.15) is 24.4 Å². The molecule has 1 saturated heterocycles. The van der Waals surface area contributed by atoms with Gasteiger partial charge in [0.2, 0.25) is 11.8 Å². The van der Waals surface area contributed by atoms with E-state index in [2.05, 4.69) is 20.8 Å². The molecular formula is C72H139NO9. The molecule has 2 unspecified atom stereocenters. The summed E-state index contributed by atoms with van der Waals surface area (Å²) < 4.78 is 11.7. The maximum absolute atomic E-state index is 14.4. The monoisotopic (exact) mass is 1160 g/mol. The molecule has 1 fully saturated rings. The van der Waals surface area contributed by atoms with Gasteiger partial charge >= 0.3 is 0 Å². The lowest BCUT2D eigenvalue weighted by Crippen LogP contribution is -2.60. The molecule has 10 nitrogen and oxygen atoms in total. The predicted molar refractivity (Wildman–Crippen MR) is 346 cm³/mol. The van der Waals surface area contributed by atoms with Crippen LogP contribution in [0.5, 0.6) is 0 Å². The van der Waals surface area contributed by atoms with Crippen LogP contribution in [-0.4, -0.2) is 98.3 Å². The Balaban J connectivity index is 2.76. The van der Waals surface area contributed by atoms with E-state index in [9.17, 15) is 35.1 Å². The van der Waals surface area contributed by atoms with Crippen LogP contribution >= 0.6 is 0 Å². The highest BCUT2D eigenvalue weighted by Gasteiger charge is 2.45. The molecule has 0 aliphatic carbocycles. The van der Waals surface area contributed by atoms with E-state index in [-0.39, 0.29) is 31.3 Å². The van der Waals surface area contributed by atoms with Crippen molar-refractivity contribution in [3.63, 3.8) is 0 Å². The second kappa shape index (κ2) is 59.9. The zero-order valence-electron chi connectivity index (χ0n) is 54.5. The fraction of sp³-hybridized carbons (Fsp3) is 0.944. The SMILES string of the molecule is CCCCCCCCCCCCCCCCC/C=C/C(O)C(CO[C@@H]1O[C@H](CO)[C@H](O)[C@H](O)[C@H]1O)N(C(=O)CCCCCCCCCCCCCCCCC)C(=O)CCCCCCCCCCCCCCCCCCCCCCCCC. The third kappa shape index (κ3) is 45.0. The van der Waals surface area contributed by atoms with Crippen LogP contribution in [0.1, 0.15) is 380 Å². The first kappa shape index (κ1) is 78.6. The van der Waals surface area contributed by atoms with Gasteiger partial charge in [-0.1, -0.05) is 354 Å². The van der Waals surface area contributed by atoms with Gasteiger partial charge in [-0.3, -0.25) is 14.5 Å². The van der Waals surface area contributed by atoms with E-state index in [1.807, 2.05) is 6.08 Å². The van der Waals surface area contributed by atoms with Gasteiger partial charge in [-0.25, -0.2) is 0 Å². The highest BCUT2D eigenvalue weighted by atomic mass is 16.7. The minimum absolute atomic E-state index is 0.176. The summed E-state index contributed by atoms with van der Waals surface area (Å²) in [6.45, 7) is 5.86. The van der Waals surface area contributed by atoms with Crippen LogP contribution in [0.15, 0.2) is 12.2 Å². The van der Waals surface area contributed by atoms with E-state index < -0.39 is 49.5 Å². The van der Waals surface area contributed by atoms with E-state index in [4.69, 9.17) is 9.47 Å². The van der Waals surface area contributed by atoms with Gasteiger partial charge in [-0.15, -0.1) is 0 Å². The van der Waals surface area contributed by atoms with Crippen molar-refractivity contribution < 1.29 is 44.6 Å². The van der Waals surface area contributed by atoms with Crippen molar-refractivity contribution in [2.45, 2.75) is 423 Å². The normalized spacial score (nSPS) is 18.2. The fourth-order valence-corrected chi connectivity index (χ4v) is 12.2. The Morgan fingerprint density at radius 2 is 0.671 bits per heavy atom. The topological polar surface area (TPSA) is 157 Å². The summed E-state index contributed by atoms with van der Waals surface area (Å²) in [5.74, 6) is -0.683. The summed E-state index contributed by atoms with van der Waals surface area (Å²) in [6.07, 6.45) is 63.2. The molecule has 0 radical (unpaired) electrons. The Hall–Kier alpha value is -1.40. The number of amides is 2. The maximum Gasteiger partial charge on any atom is 0.229 e. The van der Waals surface area contributed by atoms with Crippen molar-refractivity contribution in [2.24, 2.45) is 0 Å². The second-order valence-corrected chi connectivity index (χ2v) is 25.6. The number of ether oxygens (including phenoxy) is 2. The van der Waals surface area contributed by atoms with Crippen LogP contribution < -0.4 is 0 Å². The van der Waals surface area contributed by atoms with Crippen LogP contribution in [0.3, 0.4) is 0 Å². The third-order valence-corrected chi connectivity index (χ3v) is 17.8. The lowest BCUT2D eigenvalue weighted by molar-refractivity contribution is -0.303. The summed E-state index contributed by atoms with van der Waals surface area (Å²) in [6, 6.07) is -1.11. The Morgan fingerprint density at radius 3 is 0.951 bits per heavy atom. The molecule has 1 heterocycles. The standard InChI is InChI=1S/C72H139NO9/c1-4-7-10-13-16-19-22-25-28-30-31-32-33-34-35-37-40-43-46-49-52-55-58-61-68(77)73(67(76)60-57-54-51-48-45-42-38-27-24-21-18-15-12-9-6-3)64(63-81-72-71(80)70(79)69(78)66(62-74)82-72)65(75)59-56-53-50-47-44-41-39-36-29-26-23-20-17-14-11-8-5-2/h56,59,64-66,69-72,74-75,78-80H,4-55,57-58,60-63H2,1-3H3/b59-56+/t64?,65?,66-,69+,70+,71-,72-/m1/s1. The smallest absolute Gasteiger partial charge is 0.229 e. The Morgan fingerprint density at radius 1 is 0.402 bits per heavy atom. The van der Waals surface area contributed by atoms with Crippen molar-refractivity contribution in [2.75, 3.05) is 13.2 Å². The molecule has 82 heavy (non-hydrogen) atoms. The first-order chi connectivity index (χ1) is 40.2. The Labute approximate surface area is 507 Å². The zero-order valence-corrected chi connectivity index (χ0v) is 54.5. The molecule has 7 atom stereocenters. The number of aliphatic hydroxyl groups is 5. The largest absolute Gasteiger partial charge is 0.394 e. The van der Waals surface area contributed by atoms with Crippen LogP contribution in [-0.2, 0) is 19.1 Å². The Kier molecular flexibility index (Phi) is 57.4. The van der Waals surface area contributed by atoms with Crippen LogP contribution in [0, 0.1) is 0 Å². The molecule has 486 valence electrons. The van der Waals surface area contributed by atoms with Crippen molar-refractivity contribution in [1.29, 1.82) is 0 Å². The minimum Gasteiger partial charge on any atom is -0.394 e. The Bertz CT molecular complexity index is 1380. The van der Waals surface area contributed by atoms with Crippen LogP contribution in [0.25, 0.3) is 0 Å². The number of imide groups is 1. The van der Waals surface area contributed by atoms with Gasteiger partial charge in [0.15, 0.2) is 6.29 Å². The average molecular weight is 1160 g/mol. The molecule has 10 heteroatoms. The van der Waals surface area contributed by atoms with Gasteiger partial charge in [-0.05, 0) is 25.7 Å². The summed E-state index contributed by atoms with van der Waals surface area (Å²) >= 11 is 0. The van der Waals surface area contributed by atoms with E-state index in [0.29, 0.717) is 12.8 Å².